The van der Waals surface area contributed by atoms with Gasteiger partial charge in [0, 0.05) is 19.3 Å². The molecule has 0 heterocycles. The third-order valence-corrected chi connectivity index (χ3v) is 11.9. The number of unbranched alkanes of at least 4 members (excludes halogenated alkanes) is 25. The molecule has 0 rings (SSSR count). The summed E-state index contributed by atoms with van der Waals surface area (Å²) in [5.74, 6) is -0.966. The normalized spacial score (nSPS) is 12.7. The summed E-state index contributed by atoms with van der Waals surface area (Å²) in [6.07, 6.45) is 71.4. The molecule has 0 saturated heterocycles. The van der Waals surface area contributed by atoms with Crippen LogP contribution in [0.1, 0.15) is 265 Å². The Morgan fingerprint density at radius 2 is 0.597 bits per heavy atom. The monoisotopic (exact) mass is 933 g/mol. The summed E-state index contributed by atoms with van der Waals surface area (Å²) in [5.41, 5.74) is 0. The minimum atomic E-state index is -0.804. The molecule has 384 valence electrons. The Kier molecular flexibility index (Phi) is 52.4. The summed E-state index contributed by atoms with van der Waals surface area (Å²) < 4.78 is 16.8. The molecule has 6 nitrogen and oxygen atoms in total. The molecule has 0 N–H and O–H groups in total. The minimum absolute atomic E-state index is 0.100. The highest BCUT2D eigenvalue weighted by molar-refractivity contribution is 5.71. The summed E-state index contributed by atoms with van der Waals surface area (Å²) in [7, 11) is 0. The molecule has 0 spiro atoms. The van der Waals surface area contributed by atoms with Crippen LogP contribution in [0.2, 0.25) is 0 Å². The van der Waals surface area contributed by atoms with Gasteiger partial charge in [0.1, 0.15) is 13.2 Å². The molecule has 67 heavy (non-hydrogen) atoms. The summed E-state index contributed by atoms with van der Waals surface area (Å²) in [6, 6.07) is 0. The van der Waals surface area contributed by atoms with E-state index in [2.05, 4.69) is 106 Å². The lowest BCUT2D eigenvalue weighted by molar-refractivity contribution is -0.167. The van der Waals surface area contributed by atoms with Crippen molar-refractivity contribution in [3.05, 3.63) is 85.1 Å². The number of ether oxygens (including phenoxy) is 3. The summed E-state index contributed by atoms with van der Waals surface area (Å²) >= 11 is 0. The average molecular weight is 933 g/mol. The van der Waals surface area contributed by atoms with Gasteiger partial charge in [0.05, 0.1) is 0 Å². The first-order valence-corrected chi connectivity index (χ1v) is 28.1. The largest absolute Gasteiger partial charge is 0.462 e. The topological polar surface area (TPSA) is 78.9 Å². The second kappa shape index (κ2) is 55.2. The number of allylic oxidation sites excluding steroid dienone is 14. The molecule has 0 aliphatic rings. The summed E-state index contributed by atoms with van der Waals surface area (Å²) in [4.78, 5) is 38.1. The maximum atomic E-state index is 12.8. The van der Waals surface area contributed by atoms with E-state index >= 15 is 0 Å². The molecule has 0 saturated carbocycles. The van der Waals surface area contributed by atoms with Gasteiger partial charge in [-0.25, -0.2) is 0 Å². The smallest absolute Gasteiger partial charge is 0.306 e. The second-order valence-corrected chi connectivity index (χ2v) is 18.5. The van der Waals surface area contributed by atoms with Crippen LogP contribution in [0.5, 0.6) is 0 Å². The molecule has 0 bridgehead atoms. The SMILES string of the molecule is CC/C=C\C/C=C\C/C=C\C/C=C\C/C=C\CCCC(=O)OC[C@@H](COC(=O)CCCCCCC/C=C\C/C=C\CCCCC)OC(=O)CCCCCCCCCCCCCCCCCCC. The third kappa shape index (κ3) is 53.4. The highest BCUT2D eigenvalue weighted by Gasteiger charge is 2.19. The van der Waals surface area contributed by atoms with Crippen LogP contribution < -0.4 is 0 Å². The highest BCUT2D eigenvalue weighted by atomic mass is 16.6. The van der Waals surface area contributed by atoms with Crippen LogP contribution >= 0.6 is 0 Å². The molecule has 0 aliphatic heterocycles. The predicted octanol–water partition coefficient (Wildman–Crippen LogP) is 18.8. The molecular weight excluding hydrogens is 829 g/mol. The van der Waals surface area contributed by atoms with Crippen LogP contribution in [0, 0.1) is 0 Å². The van der Waals surface area contributed by atoms with E-state index in [1.807, 2.05) is 0 Å². The van der Waals surface area contributed by atoms with Crippen molar-refractivity contribution >= 4 is 17.9 Å². The first-order valence-electron chi connectivity index (χ1n) is 28.1. The number of carbonyl (C=O) groups is 3. The lowest BCUT2D eigenvalue weighted by Crippen LogP contribution is -2.30. The number of hydrogen-bond acceptors (Lipinski definition) is 6. The Hall–Kier alpha value is -3.41. The molecule has 0 aromatic rings. The van der Waals surface area contributed by atoms with E-state index in [1.54, 1.807) is 0 Å². The minimum Gasteiger partial charge on any atom is -0.462 e. The molecule has 0 aromatic carbocycles. The number of hydrogen-bond donors (Lipinski definition) is 0. The molecular formula is C61H104O6. The molecule has 0 aliphatic carbocycles. The van der Waals surface area contributed by atoms with E-state index in [-0.39, 0.29) is 37.5 Å². The number of carbonyl (C=O) groups excluding carboxylic acids is 3. The Morgan fingerprint density at radius 3 is 1.00 bits per heavy atom. The van der Waals surface area contributed by atoms with Crippen molar-refractivity contribution in [2.24, 2.45) is 0 Å². The summed E-state index contributed by atoms with van der Waals surface area (Å²) in [5, 5.41) is 0. The van der Waals surface area contributed by atoms with E-state index in [9.17, 15) is 14.4 Å². The first-order chi connectivity index (χ1) is 33.0. The Bertz CT molecular complexity index is 1300. The zero-order valence-electron chi connectivity index (χ0n) is 43.9. The van der Waals surface area contributed by atoms with Gasteiger partial charge in [0.15, 0.2) is 6.10 Å². The van der Waals surface area contributed by atoms with E-state index in [1.165, 1.54) is 116 Å². The zero-order valence-corrected chi connectivity index (χ0v) is 43.9. The van der Waals surface area contributed by atoms with E-state index < -0.39 is 6.10 Å². The van der Waals surface area contributed by atoms with Gasteiger partial charge in [-0.15, -0.1) is 0 Å². The molecule has 0 radical (unpaired) electrons. The van der Waals surface area contributed by atoms with Crippen molar-refractivity contribution in [3.63, 3.8) is 0 Å². The average Bonchev–Trinajstić information content (AvgIpc) is 3.33. The van der Waals surface area contributed by atoms with E-state index in [0.717, 1.165) is 103 Å². The van der Waals surface area contributed by atoms with Crippen LogP contribution in [0.3, 0.4) is 0 Å². The molecule has 6 heteroatoms. The van der Waals surface area contributed by atoms with Crippen LogP contribution in [0.15, 0.2) is 85.1 Å². The molecule has 0 fully saturated rings. The van der Waals surface area contributed by atoms with E-state index in [4.69, 9.17) is 14.2 Å². The standard InChI is InChI=1S/C61H104O6/c1-4-7-10-13-16-19-22-25-28-30-33-36-39-42-45-48-51-54-60(63)66-57-58(56-65-59(62)53-50-47-44-41-38-35-32-27-24-21-18-15-12-9-6-3)67-61(64)55-52-49-46-43-40-37-34-31-29-26-23-20-17-14-11-8-5-2/h7,10,16,18-19,21,25,27-28,32-33,36,42,45,58H,4-6,8-9,11-15,17,20,22-24,26,29-31,34-35,37-41,43-44,46-57H2,1-3H3/b10-7-,19-16-,21-18-,28-25-,32-27-,36-33-,45-42-/t58-/m1/s1. The van der Waals surface area contributed by atoms with Gasteiger partial charge in [-0.1, -0.05) is 241 Å². The number of rotatable bonds is 50. The molecule has 0 unspecified atom stereocenters. The third-order valence-electron chi connectivity index (χ3n) is 11.9. The Labute approximate surface area is 414 Å². The molecule has 0 aromatic heterocycles. The maximum absolute atomic E-state index is 12.8. The number of esters is 3. The fraction of sp³-hybridized carbons (Fsp3) is 0.721. The van der Waals surface area contributed by atoms with Gasteiger partial charge < -0.3 is 14.2 Å². The van der Waals surface area contributed by atoms with Gasteiger partial charge in [-0.2, -0.15) is 0 Å². The van der Waals surface area contributed by atoms with E-state index in [0.29, 0.717) is 19.3 Å². The predicted molar refractivity (Wildman–Crippen MR) is 288 cm³/mol. The first kappa shape index (κ1) is 63.6. The second-order valence-electron chi connectivity index (χ2n) is 18.5. The molecule has 1 atom stereocenters. The van der Waals surface area contributed by atoms with Crippen molar-refractivity contribution in [1.29, 1.82) is 0 Å². The van der Waals surface area contributed by atoms with Crippen molar-refractivity contribution < 1.29 is 28.6 Å². The fourth-order valence-corrected chi connectivity index (χ4v) is 7.68. The van der Waals surface area contributed by atoms with Crippen LogP contribution in [0.4, 0.5) is 0 Å². The molecule has 0 amide bonds. The maximum Gasteiger partial charge on any atom is 0.306 e. The van der Waals surface area contributed by atoms with Crippen LogP contribution in [0.25, 0.3) is 0 Å². The van der Waals surface area contributed by atoms with Gasteiger partial charge in [0.25, 0.3) is 0 Å². The lowest BCUT2D eigenvalue weighted by atomic mass is 10.0. The van der Waals surface area contributed by atoms with Crippen molar-refractivity contribution in [1.82, 2.24) is 0 Å². The highest BCUT2D eigenvalue weighted by Crippen LogP contribution is 2.16. The van der Waals surface area contributed by atoms with Crippen molar-refractivity contribution in [2.75, 3.05) is 13.2 Å². The van der Waals surface area contributed by atoms with Crippen LogP contribution in [-0.4, -0.2) is 37.2 Å². The van der Waals surface area contributed by atoms with Crippen LogP contribution in [-0.2, 0) is 28.6 Å². The summed E-state index contributed by atoms with van der Waals surface area (Å²) in [6.45, 7) is 6.45. The van der Waals surface area contributed by atoms with Crippen molar-refractivity contribution in [3.8, 4) is 0 Å². The Morgan fingerprint density at radius 1 is 0.313 bits per heavy atom. The lowest BCUT2D eigenvalue weighted by Gasteiger charge is -2.18. The van der Waals surface area contributed by atoms with Gasteiger partial charge in [0.2, 0.25) is 0 Å². The Balaban J connectivity index is 4.48. The van der Waals surface area contributed by atoms with Gasteiger partial charge in [-0.05, 0) is 89.9 Å². The van der Waals surface area contributed by atoms with Gasteiger partial charge in [-0.3, -0.25) is 14.4 Å². The van der Waals surface area contributed by atoms with Gasteiger partial charge >= 0.3 is 17.9 Å². The quantitative estimate of drug-likeness (QED) is 0.0262. The zero-order chi connectivity index (χ0) is 48.6. The van der Waals surface area contributed by atoms with Crippen molar-refractivity contribution in [2.45, 2.75) is 271 Å². The fourth-order valence-electron chi connectivity index (χ4n) is 7.68.